The van der Waals surface area contributed by atoms with Crippen molar-refractivity contribution in [1.82, 2.24) is 9.88 Å². The second kappa shape index (κ2) is 6.29. The number of likely N-dealkylation sites (tertiary alicyclic amines) is 1. The highest BCUT2D eigenvalue weighted by Crippen LogP contribution is 2.22. The van der Waals surface area contributed by atoms with Gasteiger partial charge in [0, 0.05) is 11.4 Å². The number of carboxylic acids is 1. The van der Waals surface area contributed by atoms with Gasteiger partial charge in [-0.05, 0) is 32.9 Å². The van der Waals surface area contributed by atoms with Crippen molar-refractivity contribution in [3.05, 3.63) is 15.6 Å². The minimum atomic E-state index is -0.794. The number of aliphatic carboxylic acids is 1. The predicted octanol–water partition coefficient (Wildman–Crippen LogP) is 2.45. The average molecular weight is 268 g/mol. The van der Waals surface area contributed by atoms with Crippen LogP contribution in [0.5, 0.6) is 0 Å². The van der Waals surface area contributed by atoms with E-state index >= 15 is 0 Å². The summed E-state index contributed by atoms with van der Waals surface area (Å²) in [5.41, 5.74) is 0.759. The first-order valence-corrected chi connectivity index (χ1v) is 7.36. The van der Waals surface area contributed by atoms with Gasteiger partial charge in [0.05, 0.1) is 17.1 Å². The van der Waals surface area contributed by atoms with Crippen molar-refractivity contribution in [2.45, 2.75) is 45.6 Å². The van der Waals surface area contributed by atoms with Gasteiger partial charge in [0.25, 0.3) is 0 Å². The fourth-order valence-electron chi connectivity index (χ4n) is 2.41. The Hall–Kier alpha value is -0.940. The summed E-state index contributed by atoms with van der Waals surface area (Å²) in [5.74, 6) is -0.794. The van der Waals surface area contributed by atoms with Gasteiger partial charge in [-0.15, -0.1) is 11.3 Å². The molecule has 4 nitrogen and oxygen atoms in total. The summed E-state index contributed by atoms with van der Waals surface area (Å²) in [6.07, 6.45) is 5.20. The van der Waals surface area contributed by atoms with E-state index in [0.29, 0.717) is 0 Å². The molecule has 1 N–H and O–H groups in total. The molecule has 18 heavy (non-hydrogen) atoms. The van der Waals surface area contributed by atoms with E-state index in [2.05, 4.69) is 9.88 Å². The van der Waals surface area contributed by atoms with Gasteiger partial charge in [-0.2, -0.15) is 0 Å². The molecule has 0 saturated carbocycles. The Labute approximate surface area is 112 Å². The van der Waals surface area contributed by atoms with Gasteiger partial charge in [0.2, 0.25) is 0 Å². The van der Waals surface area contributed by atoms with Crippen LogP contribution in [0.25, 0.3) is 0 Å². The SMILES string of the molecule is Cc1nc(CC(=O)O)c(CN2CCCCCC2)s1. The molecule has 5 heteroatoms. The number of aryl methyl sites for hydroxylation is 1. The Kier molecular flexibility index (Phi) is 4.72. The first kappa shape index (κ1) is 13.5. The van der Waals surface area contributed by atoms with Crippen LogP contribution in [0.1, 0.15) is 41.3 Å². The second-order valence-corrected chi connectivity index (χ2v) is 6.15. The Bertz CT molecular complexity index is 409. The van der Waals surface area contributed by atoms with Gasteiger partial charge in [0.15, 0.2) is 0 Å². The van der Waals surface area contributed by atoms with E-state index in [1.807, 2.05) is 6.92 Å². The van der Waals surface area contributed by atoms with Gasteiger partial charge in [-0.3, -0.25) is 9.69 Å². The summed E-state index contributed by atoms with van der Waals surface area (Å²) in [6.45, 7) is 5.07. The number of hydrogen-bond donors (Lipinski definition) is 1. The Morgan fingerprint density at radius 1 is 1.33 bits per heavy atom. The molecule has 0 amide bonds. The molecule has 0 bridgehead atoms. The molecule has 2 rings (SSSR count). The Morgan fingerprint density at radius 3 is 2.61 bits per heavy atom. The lowest BCUT2D eigenvalue weighted by molar-refractivity contribution is -0.136. The van der Waals surface area contributed by atoms with E-state index in [-0.39, 0.29) is 6.42 Å². The molecule has 1 aromatic rings. The number of hydrogen-bond acceptors (Lipinski definition) is 4. The highest BCUT2D eigenvalue weighted by atomic mass is 32.1. The van der Waals surface area contributed by atoms with E-state index in [1.165, 1.54) is 25.7 Å². The number of carboxylic acid groups (broad SMARTS) is 1. The first-order chi connectivity index (χ1) is 8.65. The van der Waals surface area contributed by atoms with E-state index in [1.54, 1.807) is 11.3 Å². The summed E-state index contributed by atoms with van der Waals surface area (Å²) in [5, 5.41) is 9.87. The fourth-order valence-corrected chi connectivity index (χ4v) is 3.41. The first-order valence-electron chi connectivity index (χ1n) is 6.54. The number of rotatable bonds is 4. The lowest BCUT2D eigenvalue weighted by atomic mass is 10.2. The van der Waals surface area contributed by atoms with Gasteiger partial charge >= 0.3 is 5.97 Å². The van der Waals surface area contributed by atoms with Gasteiger partial charge in [0.1, 0.15) is 0 Å². The lowest BCUT2D eigenvalue weighted by Gasteiger charge is -2.19. The molecule has 0 atom stereocenters. The summed E-state index contributed by atoms with van der Waals surface area (Å²) in [7, 11) is 0. The van der Waals surface area contributed by atoms with Gasteiger partial charge in [-0.1, -0.05) is 12.8 Å². The fraction of sp³-hybridized carbons (Fsp3) is 0.692. The van der Waals surface area contributed by atoms with Crippen LogP contribution in [0, 0.1) is 6.92 Å². The maximum atomic E-state index is 10.8. The lowest BCUT2D eigenvalue weighted by Crippen LogP contribution is -2.24. The zero-order chi connectivity index (χ0) is 13.0. The third kappa shape index (κ3) is 3.78. The molecule has 1 aliphatic heterocycles. The molecule has 0 aliphatic carbocycles. The molecule has 0 radical (unpaired) electrons. The van der Waals surface area contributed by atoms with Crippen molar-refractivity contribution < 1.29 is 9.90 Å². The normalized spacial score (nSPS) is 17.6. The molecule has 1 fully saturated rings. The average Bonchev–Trinajstić information content (AvgIpc) is 2.53. The van der Waals surface area contributed by atoms with Crippen LogP contribution in [0.2, 0.25) is 0 Å². The highest BCUT2D eigenvalue weighted by Gasteiger charge is 2.16. The van der Waals surface area contributed by atoms with E-state index in [9.17, 15) is 4.79 Å². The summed E-state index contributed by atoms with van der Waals surface area (Å²) < 4.78 is 0. The van der Waals surface area contributed by atoms with Crippen LogP contribution in [0.3, 0.4) is 0 Å². The Balaban J connectivity index is 2.04. The zero-order valence-corrected chi connectivity index (χ0v) is 11.6. The van der Waals surface area contributed by atoms with Crippen LogP contribution in [-0.4, -0.2) is 34.0 Å². The van der Waals surface area contributed by atoms with Crippen molar-refractivity contribution in [1.29, 1.82) is 0 Å². The van der Waals surface area contributed by atoms with Crippen LogP contribution in [0.15, 0.2) is 0 Å². The smallest absolute Gasteiger partial charge is 0.309 e. The van der Waals surface area contributed by atoms with Crippen LogP contribution in [0.4, 0.5) is 0 Å². The molecule has 1 saturated heterocycles. The van der Waals surface area contributed by atoms with Crippen LogP contribution in [-0.2, 0) is 17.8 Å². The molecule has 1 aliphatic rings. The molecule has 2 heterocycles. The highest BCUT2D eigenvalue weighted by molar-refractivity contribution is 7.11. The quantitative estimate of drug-likeness (QED) is 0.911. The third-order valence-corrected chi connectivity index (χ3v) is 4.27. The number of aromatic nitrogens is 1. The van der Waals surface area contributed by atoms with Crippen molar-refractivity contribution in [2.75, 3.05) is 13.1 Å². The maximum absolute atomic E-state index is 10.8. The molecule has 0 spiro atoms. The number of carbonyl (C=O) groups is 1. The topological polar surface area (TPSA) is 53.4 Å². The van der Waals surface area contributed by atoms with E-state index in [4.69, 9.17) is 5.11 Å². The number of nitrogens with zero attached hydrogens (tertiary/aromatic N) is 2. The summed E-state index contributed by atoms with van der Waals surface area (Å²) >= 11 is 1.64. The summed E-state index contributed by atoms with van der Waals surface area (Å²) in [6, 6.07) is 0. The van der Waals surface area contributed by atoms with Gasteiger partial charge in [-0.25, -0.2) is 4.98 Å². The van der Waals surface area contributed by atoms with Gasteiger partial charge < -0.3 is 5.11 Å². The van der Waals surface area contributed by atoms with Crippen LogP contribution < -0.4 is 0 Å². The Morgan fingerprint density at radius 2 is 2.00 bits per heavy atom. The van der Waals surface area contributed by atoms with Crippen molar-refractivity contribution in [2.24, 2.45) is 0 Å². The maximum Gasteiger partial charge on any atom is 0.309 e. The van der Waals surface area contributed by atoms with Crippen molar-refractivity contribution >= 4 is 17.3 Å². The molecular weight excluding hydrogens is 248 g/mol. The molecule has 0 aromatic carbocycles. The monoisotopic (exact) mass is 268 g/mol. The summed E-state index contributed by atoms with van der Waals surface area (Å²) in [4.78, 5) is 18.8. The van der Waals surface area contributed by atoms with E-state index in [0.717, 1.165) is 35.2 Å². The van der Waals surface area contributed by atoms with Crippen molar-refractivity contribution in [3.8, 4) is 0 Å². The van der Waals surface area contributed by atoms with Crippen LogP contribution >= 0.6 is 11.3 Å². The minimum Gasteiger partial charge on any atom is -0.481 e. The zero-order valence-electron chi connectivity index (χ0n) is 10.8. The van der Waals surface area contributed by atoms with Crippen molar-refractivity contribution in [3.63, 3.8) is 0 Å². The minimum absolute atomic E-state index is 0.0491. The molecular formula is C13H20N2O2S. The van der Waals surface area contributed by atoms with E-state index < -0.39 is 5.97 Å². The molecule has 1 aromatic heterocycles. The molecule has 100 valence electrons. The predicted molar refractivity (Wildman–Crippen MR) is 71.9 cm³/mol. The third-order valence-electron chi connectivity index (χ3n) is 3.27. The number of thiazole rings is 1. The molecule has 0 unspecified atom stereocenters. The standard InChI is InChI=1S/C13H20N2O2S/c1-10-14-11(8-13(16)17)12(18-10)9-15-6-4-2-3-5-7-15/h2-9H2,1H3,(H,16,17). The second-order valence-electron chi connectivity index (χ2n) is 4.86. The largest absolute Gasteiger partial charge is 0.481 e.